The number of carbonyl (C=O) groups is 1. The maximum Gasteiger partial charge on any atom is 0.263 e. The number of hydrogen-bond acceptors (Lipinski definition) is 6. The van der Waals surface area contributed by atoms with Crippen molar-refractivity contribution in [3.05, 3.63) is 76.9 Å². The minimum atomic E-state index is -4.08. The van der Waals surface area contributed by atoms with Gasteiger partial charge in [0, 0.05) is 23.9 Å². The minimum Gasteiger partial charge on any atom is -0.495 e. The molecule has 0 spiro atoms. The SMILES string of the molecule is COc1ccccc1NS(=O)(=O)c1cc(C(=O)NCc2cccnc2OC)ccc1Cl. The number of hydrogen-bond donors (Lipinski definition) is 2. The Morgan fingerprint density at radius 2 is 1.84 bits per heavy atom. The fourth-order valence-corrected chi connectivity index (χ4v) is 4.40. The highest BCUT2D eigenvalue weighted by molar-refractivity contribution is 7.92. The summed E-state index contributed by atoms with van der Waals surface area (Å²) >= 11 is 6.13. The lowest BCUT2D eigenvalue weighted by Crippen LogP contribution is -2.24. The number of para-hydroxylation sites is 2. The van der Waals surface area contributed by atoms with E-state index in [1.165, 1.54) is 32.4 Å². The first-order chi connectivity index (χ1) is 14.9. The highest BCUT2D eigenvalue weighted by Gasteiger charge is 2.22. The van der Waals surface area contributed by atoms with Crippen LogP contribution in [0.2, 0.25) is 5.02 Å². The van der Waals surface area contributed by atoms with Crippen LogP contribution >= 0.6 is 11.6 Å². The molecule has 0 fully saturated rings. The third-order valence-electron chi connectivity index (χ3n) is 4.32. The third-order valence-corrected chi connectivity index (χ3v) is 6.16. The molecule has 0 aliphatic rings. The molecule has 3 aromatic rings. The second kappa shape index (κ2) is 9.67. The number of rotatable bonds is 8. The van der Waals surface area contributed by atoms with Crippen LogP contribution in [-0.2, 0) is 16.6 Å². The number of nitrogens with one attached hydrogen (secondary N) is 2. The number of pyridine rings is 1. The summed E-state index contributed by atoms with van der Waals surface area (Å²) in [6.45, 7) is 0.153. The normalized spacial score (nSPS) is 10.9. The Balaban J connectivity index is 1.83. The predicted molar refractivity (Wildman–Crippen MR) is 117 cm³/mol. The molecule has 8 nitrogen and oxygen atoms in total. The first-order valence-corrected chi connectivity index (χ1v) is 10.9. The molecule has 3 rings (SSSR count). The zero-order valence-corrected chi connectivity index (χ0v) is 18.3. The largest absolute Gasteiger partial charge is 0.495 e. The zero-order chi connectivity index (χ0) is 22.4. The standard InChI is InChI=1S/C21H20ClN3O5S/c1-29-18-8-4-3-7-17(18)25-31(27,28)19-12-14(9-10-16(19)22)20(26)24-13-15-6-5-11-23-21(15)30-2/h3-12,25H,13H2,1-2H3,(H,24,26). The number of amides is 1. The summed E-state index contributed by atoms with van der Waals surface area (Å²) in [5.41, 5.74) is 1.06. The summed E-state index contributed by atoms with van der Waals surface area (Å²) < 4.78 is 38.6. The smallest absolute Gasteiger partial charge is 0.263 e. The van der Waals surface area contributed by atoms with Crippen LogP contribution in [0, 0.1) is 0 Å². The molecule has 0 bridgehead atoms. The zero-order valence-electron chi connectivity index (χ0n) is 16.8. The second-order valence-corrected chi connectivity index (χ2v) is 8.36. The molecule has 31 heavy (non-hydrogen) atoms. The molecule has 1 amide bonds. The van der Waals surface area contributed by atoms with Gasteiger partial charge in [0.15, 0.2) is 0 Å². The van der Waals surface area contributed by atoms with Crippen molar-refractivity contribution < 1.29 is 22.7 Å². The van der Waals surface area contributed by atoms with E-state index in [4.69, 9.17) is 21.1 Å². The number of benzene rings is 2. The topological polar surface area (TPSA) is 107 Å². The van der Waals surface area contributed by atoms with Gasteiger partial charge in [-0.2, -0.15) is 0 Å². The number of ether oxygens (including phenoxy) is 2. The van der Waals surface area contributed by atoms with Crippen LogP contribution in [0.4, 0.5) is 5.69 Å². The summed E-state index contributed by atoms with van der Waals surface area (Å²) in [4.78, 5) is 16.5. The molecule has 10 heteroatoms. The number of carbonyl (C=O) groups excluding carboxylic acids is 1. The number of methoxy groups -OCH3 is 2. The summed E-state index contributed by atoms with van der Waals surface area (Å²) in [5, 5.41) is 2.70. The Kier molecular flexibility index (Phi) is 6.98. The van der Waals surface area contributed by atoms with Crippen LogP contribution in [0.25, 0.3) is 0 Å². The van der Waals surface area contributed by atoms with Gasteiger partial charge in [-0.15, -0.1) is 0 Å². The Labute approximate surface area is 185 Å². The van der Waals surface area contributed by atoms with Crippen molar-refractivity contribution in [3.8, 4) is 11.6 Å². The Morgan fingerprint density at radius 3 is 2.58 bits per heavy atom. The molecule has 0 aliphatic carbocycles. The van der Waals surface area contributed by atoms with Crippen LogP contribution in [0.1, 0.15) is 15.9 Å². The monoisotopic (exact) mass is 461 g/mol. The van der Waals surface area contributed by atoms with E-state index in [0.717, 1.165) is 0 Å². The van der Waals surface area contributed by atoms with Gasteiger partial charge in [0.25, 0.3) is 15.9 Å². The lowest BCUT2D eigenvalue weighted by molar-refractivity contribution is 0.0950. The molecule has 0 atom stereocenters. The molecule has 0 saturated heterocycles. The highest BCUT2D eigenvalue weighted by atomic mass is 35.5. The highest BCUT2D eigenvalue weighted by Crippen LogP contribution is 2.29. The summed E-state index contributed by atoms with van der Waals surface area (Å²) in [5.74, 6) is 0.265. The van der Waals surface area contributed by atoms with Crippen LogP contribution in [0.5, 0.6) is 11.6 Å². The Morgan fingerprint density at radius 1 is 1.06 bits per heavy atom. The summed E-state index contributed by atoms with van der Waals surface area (Å²) in [6.07, 6.45) is 1.58. The average molecular weight is 462 g/mol. The number of sulfonamides is 1. The second-order valence-electron chi connectivity index (χ2n) is 6.31. The first kappa shape index (κ1) is 22.4. The van der Waals surface area contributed by atoms with E-state index in [1.54, 1.807) is 42.6 Å². The quantitative estimate of drug-likeness (QED) is 0.532. The number of aromatic nitrogens is 1. The summed E-state index contributed by atoms with van der Waals surface area (Å²) in [6, 6.07) is 14.1. The van der Waals surface area contributed by atoms with Gasteiger partial charge in [0.05, 0.1) is 24.9 Å². The van der Waals surface area contributed by atoms with Crippen molar-refractivity contribution in [3.63, 3.8) is 0 Å². The van der Waals surface area contributed by atoms with Gasteiger partial charge in [-0.1, -0.05) is 29.8 Å². The van der Waals surface area contributed by atoms with E-state index in [1.807, 2.05) is 0 Å². The molecule has 0 radical (unpaired) electrons. The molecular weight excluding hydrogens is 442 g/mol. The van der Waals surface area contributed by atoms with Crippen molar-refractivity contribution in [1.82, 2.24) is 10.3 Å². The molecular formula is C21H20ClN3O5S. The van der Waals surface area contributed by atoms with E-state index in [-0.39, 0.29) is 27.7 Å². The van der Waals surface area contributed by atoms with Crippen molar-refractivity contribution in [2.24, 2.45) is 0 Å². The van der Waals surface area contributed by atoms with Gasteiger partial charge < -0.3 is 14.8 Å². The third kappa shape index (κ3) is 5.25. The molecule has 1 heterocycles. The molecule has 0 aliphatic heterocycles. The van der Waals surface area contributed by atoms with Gasteiger partial charge in [-0.05, 0) is 36.4 Å². The van der Waals surface area contributed by atoms with Gasteiger partial charge in [0.1, 0.15) is 10.6 Å². The fraction of sp³-hybridized carbons (Fsp3) is 0.143. The van der Waals surface area contributed by atoms with Crippen molar-refractivity contribution in [1.29, 1.82) is 0 Å². The maximum absolute atomic E-state index is 12.9. The van der Waals surface area contributed by atoms with Crippen LogP contribution in [0.3, 0.4) is 0 Å². The van der Waals surface area contributed by atoms with E-state index in [9.17, 15) is 13.2 Å². The van der Waals surface area contributed by atoms with Gasteiger partial charge >= 0.3 is 0 Å². The van der Waals surface area contributed by atoms with Crippen LogP contribution in [-0.4, -0.2) is 33.5 Å². The Hall–Kier alpha value is -3.30. The van der Waals surface area contributed by atoms with Crippen LogP contribution < -0.4 is 19.5 Å². The van der Waals surface area contributed by atoms with E-state index in [0.29, 0.717) is 17.2 Å². The van der Waals surface area contributed by atoms with E-state index >= 15 is 0 Å². The van der Waals surface area contributed by atoms with Gasteiger partial charge in [0.2, 0.25) is 5.88 Å². The lowest BCUT2D eigenvalue weighted by atomic mass is 10.2. The maximum atomic E-state index is 12.9. The summed E-state index contributed by atoms with van der Waals surface area (Å²) in [7, 11) is -1.16. The molecule has 0 saturated carbocycles. The number of anilines is 1. The van der Waals surface area contributed by atoms with Crippen molar-refractivity contribution >= 4 is 33.2 Å². The van der Waals surface area contributed by atoms with E-state index in [2.05, 4.69) is 15.0 Å². The van der Waals surface area contributed by atoms with Crippen molar-refractivity contribution in [2.45, 2.75) is 11.4 Å². The minimum absolute atomic E-state index is 0.0205. The average Bonchev–Trinajstić information content (AvgIpc) is 2.78. The Bertz CT molecular complexity index is 1200. The van der Waals surface area contributed by atoms with Crippen LogP contribution in [0.15, 0.2) is 65.7 Å². The lowest BCUT2D eigenvalue weighted by Gasteiger charge is -2.13. The fourth-order valence-electron chi connectivity index (χ4n) is 2.80. The van der Waals surface area contributed by atoms with Gasteiger partial charge in [-0.25, -0.2) is 13.4 Å². The molecule has 162 valence electrons. The van der Waals surface area contributed by atoms with Gasteiger partial charge in [-0.3, -0.25) is 9.52 Å². The number of halogens is 1. The predicted octanol–water partition coefficient (Wildman–Crippen LogP) is 3.48. The molecule has 1 aromatic heterocycles. The first-order valence-electron chi connectivity index (χ1n) is 9.07. The number of nitrogens with zero attached hydrogens (tertiary/aromatic N) is 1. The molecule has 2 aromatic carbocycles. The van der Waals surface area contributed by atoms with E-state index < -0.39 is 15.9 Å². The molecule has 2 N–H and O–H groups in total. The molecule has 0 unspecified atom stereocenters. The van der Waals surface area contributed by atoms with Crippen molar-refractivity contribution in [2.75, 3.05) is 18.9 Å².